The Morgan fingerprint density at radius 2 is 1.63 bits per heavy atom. The number of imidazole rings is 1. The lowest BCUT2D eigenvalue weighted by molar-refractivity contribution is 0.918. The van der Waals surface area contributed by atoms with Gasteiger partial charge in [-0.15, -0.1) is 0 Å². The minimum atomic E-state index is 0.547. The third kappa shape index (κ3) is 3.52. The zero-order chi connectivity index (χ0) is 23.8. The Balaban J connectivity index is 1.70. The molecule has 168 valence electrons. The molecular formula is C29H22N6. The van der Waals surface area contributed by atoms with Crippen LogP contribution in [0.5, 0.6) is 0 Å². The molecule has 0 aliphatic heterocycles. The summed E-state index contributed by atoms with van der Waals surface area (Å²) in [5, 5.41) is 1.05. The van der Waals surface area contributed by atoms with E-state index in [0.29, 0.717) is 17.6 Å². The van der Waals surface area contributed by atoms with Crippen molar-refractivity contribution in [2.75, 3.05) is 0 Å². The summed E-state index contributed by atoms with van der Waals surface area (Å²) >= 11 is 0. The zero-order valence-corrected chi connectivity index (χ0v) is 19.2. The number of hydrogen-bond donors (Lipinski definition) is 0. The van der Waals surface area contributed by atoms with Gasteiger partial charge in [-0.1, -0.05) is 85.5 Å². The third-order valence-corrected chi connectivity index (χ3v) is 5.92. The molecule has 0 aliphatic rings. The van der Waals surface area contributed by atoms with E-state index in [2.05, 4.69) is 27.7 Å². The largest absolute Gasteiger partial charge is 0.285 e. The topological polar surface area (TPSA) is 60.9 Å². The minimum Gasteiger partial charge on any atom is -0.285 e. The molecule has 6 heteroatoms. The molecular weight excluding hydrogens is 432 g/mol. The molecule has 0 radical (unpaired) electrons. The van der Waals surface area contributed by atoms with Gasteiger partial charge in [0, 0.05) is 17.1 Å². The van der Waals surface area contributed by atoms with Crippen LogP contribution in [-0.2, 0) is 0 Å². The molecule has 0 spiro atoms. The normalized spacial score (nSPS) is 12.3. The van der Waals surface area contributed by atoms with Crippen LogP contribution in [0.25, 0.3) is 50.6 Å². The Labute approximate surface area is 202 Å². The van der Waals surface area contributed by atoms with Crippen LogP contribution in [0, 0.1) is 0 Å². The summed E-state index contributed by atoms with van der Waals surface area (Å²) in [4.78, 5) is 19.6. The van der Waals surface area contributed by atoms with Crippen LogP contribution in [0.15, 0.2) is 110 Å². The predicted molar refractivity (Wildman–Crippen MR) is 141 cm³/mol. The summed E-state index contributed by atoms with van der Waals surface area (Å²) in [6, 6.07) is 24.2. The Morgan fingerprint density at radius 1 is 0.829 bits per heavy atom. The molecule has 6 nitrogen and oxygen atoms in total. The summed E-state index contributed by atoms with van der Waals surface area (Å²) in [5.74, 6) is 1.78. The average molecular weight is 455 g/mol. The molecule has 4 heterocycles. The van der Waals surface area contributed by atoms with Crippen LogP contribution >= 0.6 is 0 Å². The van der Waals surface area contributed by atoms with Gasteiger partial charge in [0.05, 0.1) is 5.52 Å². The molecule has 0 amide bonds. The highest BCUT2D eigenvalue weighted by Crippen LogP contribution is 2.32. The van der Waals surface area contributed by atoms with E-state index in [9.17, 15) is 0 Å². The van der Waals surface area contributed by atoms with E-state index >= 15 is 0 Å². The van der Waals surface area contributed by atoms with Crippen molar-refractivity contribution in [3.8, 4) is 17.3 Å². The van der Waals surface area contributed by atoms with Crippen LogP contribution in [0.4, 0.5) is 0 Å². The Hall–Kier alpha value is -4.84. The fourth-order valence-electron chi connectivity index (χ4n) is 4.27. The zero-order valence-electron chi connectivity index (χ0n) is 19.2. The van der Waals surface area contributed by atoms with Gasteiger partial charge in [0.2, 0.25) is 5.95 Å². The van der Waals surface area contributed by atoms with Crippen molar-refractivity contribution in [2.24, 2.45) is 0 Å². The number of nitrogens with zero attached hydrogens (tertiary/aromatic N) is 6. The summed E-state index contributed by atoms with van der Waals surface area (Å²) in [7, 11) is 0. The highest BCUT2D eigenvalue weighted by atomic mass is 15.2. The Kier molecular flexibility index (Phi) is 5.04. The number of benzene rings is 2. The molecule has 0 aliphatic carbocycles. The third-order valence-electron chi connectivity index (χ3n) is 5.92. The highest BCUT2D eigenvalue weighted by molar-refractivity contribution is 6.07. The first-order valence-electron chi connectivity index (χ1n) is 11.4. The molecule has 35 heavy (non-hydrogen) atoms. The van der Waals surface area contributed by atoms with Crippen molar-refractivity contribution in [1.82, 2.24) is 28.9 Å². The number of fused-ring (bicyclic) bond motifs is 5. The van der Waals surface area contributed by atoms with E-state index in [-0.39, 0.29) is 0 Å². The lowest BCUT2D eigenvalue weighted by Crippen LogP contribution is -2.08. The molecule has 6 aromatic rings. The van der Waals surface area contributed by atoms with Gasteiger partial charge < -0.3 is 0 Å². The SMILES string of the molecule is C=C/C=C\C=C(/C)c1nc(-c2ccccc2)nc(-n2c3ccccc3c3nc4ccccn4c32)n1. The summed E-state index contributed by atoms with van der Waals surface area (Å²) < 4.78 is 4.16. The van der Waals surface area contributed by atoms with Crippen LogP contribution < -0.4 is 0 Å². The smallest absolute Gasteiger partial charge is 0.240 e. The molecule has 0 bridgehead atoms. The Morgan fingerprint density at radius 3 is 2.49 bits per heavy atom. The number of para-hydroxylation sites is 1. The summed E-state index contributed by atoms with van der Waals surface area (Å²) in [6.45, 7) is 5.74. The summed E-state index contributed by atoms with van der Waals surface area (Å²) in [5.41, 5.74) is 5.56. The minimum absolute atomic E-state index is 0.547. The fraction of sp³-hybridized carbons (Fsp3) is 0.0345. The van der Waals surface area contributed by atoms with Gasteiger partial charge in [-0.05, 0) is 30.7 Å². The molecule has 0 atom stereocenters. The van der Waals surface area contributed by atoms with E-state index in [1.807, 2.05) is 92.0 Å². The van der Waals surface area contributed by atoms with E-state index in [1.165, 1.54) is 0 Å². The van der Waals surface area contributed by atoms with E-state index in [4.69, 9.17) is 19.9 Å². The van der Waals surface area contributed by atoms with Crippen molar-refractivity contribution in [3.05, 3.63) is 116 Å². The first kappa shape index (κ1) is 20.7. The van der Waals surface area contributed by atoms with Gasteiger partial charge in [0.25, 0.3) is 0 Å². The molecule has 0 saturated heterocycles. The summed E-state index contributed by atoms with van der Waals surface area (Å²) in [6.07, 6.45) is 9.55. The van der Waals surface area contributed by atoms with Crippen LogP contribution in [0.1, 0.15) is 12.7 Å². The quantitative estimate of drug-likeness (QED) is 0.282. The molecule has 6 rings (SSSR count). The number of hydrogen-bond acceptors (Lipinski definition) is 4. The maximum atomic E-state index is 4.95. The first-order chi connectivity index (χ1) is 17.2. The Bertz CT molecular complexity index is 1760. The van der Waals surface area contributed by atoms with Crippen LogP contribution in [-0.4, -0.2) is 28.9 Å². The molecule has 0 saturated carbocycles. The number of allylic oxidation sites excluding steroid dienone is 5. The van der Waals surface area contributed by atoms with Crippen molar-refractivity contribution >= 4 is 33.3 Å². The van der Waals surface area contributed by atoms with E-state index < -0.39 is 0 Å². The number of pyridine rings is 1. The van der Waals surface area contributed by atoms with Crippen molar-refractivity contribution < 1.29 is 0 Å². The second-order valence-corrected chi connectivity index (χ2v) is 8.18. The maximum Gasteiger partial charge on any atom is 0.240 e. The van der Waals surface area contributed by atoms with Crippen molar-refractivity contribution in [2.45, 2.75) is 6.92 Å². The first-order valence-corrected chi connectivity index (χ1v) is 11.4. The molecule has 0 fully saturated rings. The number of aromatic nitrogens is 6. The average Bonchev–Trinajstić information content (AvgIpc) is 3.44. The number of rotatable bonds is 5. The van der Waals surface area contributed by atoms with E-state index in [1.54, 1.807) is 6.08 Å². The second-order valence-electron chi connectivity index (χ2n) is 8.18. The lowest BCUT2D eigenvalue weighted by Gasteiger charge is -2.11. The molecule has 0 unspecified atom stereocenters. The van der Waals surface area contributed by atoms with Gasteiger partial charge in [-0.2, -0.15) is 9.97 Å². The highest BCUT2D eigenvalue weighted by Gasteiger charge is 2.21. The lowest BCUT2D eigenvalue weighted by atomic mass is 10.2. The van der Waals surface area contributed by atoms with Gasteiger partial charge in [0.1, 0.15) is 11.2 Å². The van der Waals surface area contributed by atoms with Crippen LogP contribution in [0.2, 0.25) is 0 Å². The van der Waals surface area contributed by atoms with Crippen molar-refractivity contribution in [1.29, 1.82) is 0 Å². The monoisotopic (exact) mass is 454 g/mol. The van der Waals surface area contributed by atoms with Gasteiger partial charge >= 0.3 is 0 Å². The van der Waals surface area contributed by atoms with Crippen LogP contribution in [0.3, 0.4) is 0 Å². The van der Waals surface area contributed by atoms with Gasteiger partial charge in [-0.3, -0.25) is 8.97 Å². The molecule has 4 aromatic heterocycles. The molecule has 2 aromatic carbocycles. The standard InChI is InChI=1S/C29H22N6/c1-3-4-6-13-20(2)26-31-27(21-14-7-5-8-15-21)33-29(32-26)35-23-17-10-9-16-22(23)25-28(35)34-19-12-11-18-24(34)30-25/h3-19H,1H2,2H3/b6-4-,20-13+. The predicted octanol–water partition coefficient (Wildman–Crippen LogP) is 6.43. The fourth-order valence-corrected chi connectivity index (χ4v) is 4.27. The van der Waals surface area contributed by atoms with E-state index in [0.717, 1.165) is 38.9 Å². The van der Waals surface area contributed by atoms with Gasteiger partial charge in [-0.25, -0.2) is 9.97 Å². The second kappa shape index (κ2) is 8.50. The maximum absolute atomic E-state index is 4.95. The van der Waals surface area contributed by atoms with Crippen molar-refractivity contribution in [3.63, 3.8) is 0 Å². The van der Waals surface area contributed by atoms with Gasteiger partial charge in [0.15, 0.2) is 17.3 Å². The molecule has 0 N–H and O–H groups in total.